The molecule has 0 amide bonds. The van der Waals surface area contributed by atoms with Gasteiger partial charge in [-0.05, 0) is 50.1 Å². The maximum Gasteiger partial charge on any atom is 0.322 e. The van der Waals surface area contributed by atoms with Crippen LogP contribution in [0.1, 0.15) is 25.0 Å². The molecule has 1 atom stereocenters. The Labute approximate surface area is 137 Å². The second-order valence-corrected chi connectivity index (χ2v) is 4.99. The standard InChI is InChI=1S/C17H24N2O4/c1-5-23-17(20)12(2)19-9-7-14-11-16(22-4)15(21-3)10-13(14)6-8-18/h10-12,19H,5-7,9H2,1-4H3/t12-/m0/s1. The molecule has 1 aromatic rings. The molecule has 0 aliphatic carbocycles. The van der Waals surface area contributed by atoms with E-state index in [0.717, 1.165) is 11.1 Å². The van der Waals surface area contributed by atoms with Crippen LogP contribution in [0.25, 0.3) is 0 Å². The zero-order chi connectivity index (χ0) is 17.2. The SMILES string of the molecule is CCOC(=O)[C@H](C)NCCc1cc(OC)c(OC)cc1CC#N. The van der Waals surface area contributed by atoms with Crippen LogP contribution in [0.2, 0.25) is 0 Å². The Hall–Kier alpha value is -2.26. The van der Waals surface area contributed by atoms with E-state index in [0.29, 0.717) is 37.5 Å². The summed E-state index contributed by atoms with van der Waals surface area (Å²) in [5.74, 6) is 0.967. The van der Waals surface area contributed by atoms with Crippen molar-refractivity contribution >= 4 is 5.97 Å². The first-order valence-corrected chi connectivity index (χ1v) is 7.58. The van der Waals surface area contributed by atoms with Crippen molar-refractivity contribution < 1.29 is 19.0 Å². The highest BCUT2D eigenvalue weighted by atomic mass is 16.5. The van der Waals surface area contributed by atoms with E-state index in [4.69, 9.17) is 19.5 Å². The van der Waals surface area contributed by atoms with Crippen LogP contribution in [0, 0.1) is 11.3 Å². The van der Waals surface area contributed by atoms with E-state index in [1.54, 1.807) is 28.1 Å². The monoisotopic (exact) mass is 320 g/mol. The number of nitriles is 1. The molecular formula is C17H24N2O4. The fourth-order valence-electron chi connectivity index (χ4n) is 2.22. The van der Waals surface area contributed by atoms with E-state index in [9.17, 15) is 4.79 Å². The number of methoxy groups -OCH3 is 2. The highest BCUT2D eigenvalue weighted by Crippen LogP contribution is 2.31. The minimum absolute atomic E-state index is 0.267. The first-order chi connectivity index (χ1) is 11.1. The molecule has 0 fully saturated rings. The first-order valence-electron chi connectivity index (χ1n) is 7.58. The van der Waals surface area contributed by atoms with Gasteiger partial charge in [0.2, 0.25) is 0 Å². The Morgan fingerprint density at radius 2 is 1.87 bits per heavy atom. The molecule has 126 valence electrons. The van der Waals surface area contributed by atoms with Gasteiger partial charge in [-0.15, -0.1) is 0 Å². The molecule has 0 unspecified atom stereocenters. The fourth-order valence-corrected chi connectivity index (χ4v) is 2.22. The zero-order valence-electron chi connectivity index (χ0n) is 14.1. The maximum absolute atomic E-state index is 11.6. The van der Waals surface area contributed by atoms with Crippen molar-refractivity contribution in [1.29, 1.82) is 5.26 Å². The maximum atomic E-state index is 11.6. The van der Waals surface area contributed by atoms with Gasteiger partial charge in [0.05, 0.1) is 33.3 Å². The molecule has 0 spiro atoms. The molecule has 0 bridgehead atoms. The number of carbonyl (C=O) groups is 1. The van der Waals surface area contributed by atoms with Crippen molar-refractivity contribution in [1.82, 2.24) is 5.32 Å². The Kier molecular flexibility index (Phi) is 7.92. The van der Waals surface area contributed by atoms with E-state index >= 15 is 0 Å². The van der Waals surface area contributed by atoms with Gasteiger partial charge in [-0.1, -0.05) is 0 Å². The number of benzene rings is 1. The van der Waals surface area contributed by atoms with Crippen LogP contribution in [-0.4, -0.2) is 39.4 Å². The lowest BCUT2D eigenvalue weighted by molar-refractivity contribution is -0.145. The summed E-state index contributed by atoms with van der Waals surface area (Å²) in [5, 5.41) is 12.1. The van der Waals surface area contributed by atoms with E-state index in [-0.39, 0.29) is 12.0 Å². The number of hydrogen-bond donors (Lipinski definition) is 1. The Morgan fingerprint density at radius 3 is 2.39 bits per heavy atom. The van der Waals surface area contributed by atoms with Gasteiger partial charge in [0.1, 0.15) is 6.04 Å². The second-order valence-electron chi connectivity index (χ2n) is 4.99. The smallest absolute Gasteiger partial charge is 0.322 e. The Morgan fingerprint density at radius 1 is 1.26 bits per heavy atom. The molecule has 0 aliphatic rings. The van der Waals surface area contributed by atoms with Crippen molar-refractivity contribution in [2.24, 2.45) is 0 Å². The number of nitrogens with one attached hydrogen (secondary N) is 1. The topological polar surface area (TPSA) is 80.6 Å². The summed E-state index contributed by atoms with van der Waals surface area (Å²) in [6.45, 7) is 4.51. The van der Waals surface area contributed by atoms with Crippen LogP contribution < -0.4 is 14.8 Å². The molecule has 1 aromatic carbocycles. The first kappa shape index (κ1) is 18.8. The molecule has 0 radical (unpaired) electrons. The predicted octanol–water partition coefficient (Wildman–Crippen LogP) is 1.85. The van der Waals surface area contributed by atoms with Crippen LogP contribution >= 0.6 is 0 Å². The average Bonchev–Trinajstić information content (AvgIpc) is 2.55. The Balaban J connectivity index is 2.78. The number of ether oxygens (including phenoxy) is 3. The minimum atomic E-state index is -0.366. The van der Waals surface area contributed by atoms with Gasteiger partial charge in [-0.2, -0.15) is 5.26 Å². The molecule has 6 heteroatoms. The van der Waals surface area contributed by atoms with Gasteiger partial charge in [0, 0.05) is 0 Å². The summed E-state index contributed by atoms with van der Waals surface area (Å²) in [6, 6.07) is 5.49. The van der Waals surface area contributed by atoms with E-state index < -0.39 is 0 Å². The van der Waals surface area contributed by atoms with Crippen LogP contribution in [-0.2, 0) is 22.4 Å². The normalized spacial score (nSPS) is 11.4. The number of rotatable bonds is 9. The molecule has 0 saturated heterocycles. The molecular weight excluding hydrogens is 296 g/mol. The van der Waals surface area contributed by atoms with E-state index in [1.165, 1.54) is 0 Å². The summed E-state index contributed by atoms with van der Waals surface area (Å²) < 4.78 is 15.5. The van der Waals surface area contributed by atoms with Crippen LogP contribution in [0.4, 0.5) is 0 Å². The summed E-state index contributed by atoms with van der Waals surface area (Å²) in [4.78, 5) is 11.6. The molecule has 23 heavy (non-hydrogen) atoms. The van der Waals surface area contributed by atoms with E-state index in [1.807, 2.05) is 12.1 Å². The molecule has 0 aromatic heterocycles. The molecule has 1 N–H and O–H groups in total. The van der Waals surface area contributed by atoms with Crippen LogP contribution in [0.15, 0.2) is 12.1 Å². The summed E-state index contributed by atoms with van der Waals surface area (Å²) in [6.07, 6.45) is 0.963. The fraction of sp³-hybridized carbons (Fsp3) is 0.529. The number of carbonyl (C=O) groups excluding carboxylic acids is 1. The summed E-state index contributed by atoms with van der Waals surface area (Å²) >= 11 is 0. The third-order valence-electron chi connectivity index (χ3n) is 3.46. The number of nitrogens with zero attached hydrogens (tertiary/aromatic N) is 1. The molecule has 0 saturated carbocycles. The zero-order valence-corrected chi connectivity index (χ0v) is 14.1. The van der Waals surface area contributed by atoms with Crippen molar-refractivity contribution in [3.05, 3.63) is 23.3 Å². The van der Waals surface area contributed by atoms with Crippen molar-refractivity contribution in [3.63, 3.8) is 0 Å². The highest BCUT2D eigenvalue weighted by molar-refractivity contribution is 5.75. The van der Waals surface area contributed by atoms with Gasteiger partial charge >= 0.3 is 5.97 Å². The minimum Gasteiger partial charge on any atom is -0.493 e. The third-order valence-corrected chi connectivity index (χ3v) is 3.46. The van der Waals surface area contributed by atoms with Gasteiger partial charge in [-0.3, -0.25) is 4.79 Å². The molecule has 1 rings (SSSR count). The van der Waals surface area contributed by atoms with E-state index in [2.05, 4.69) is 11.4 Å². The van der Waals surface area contributed by atoms with Gasteiger partial charge in [0.25, 0.3) is 0 Å². The third kappa shape index (κ3) is 5.46. The lowest BCUT2D eigenvalue weighted by Gasteiger charge is -2.15. The lowest BCUT2D eigenvalue weighted by Crippen LogP contribution is -2.36. The lowest BCUT2D eigenvalue weighted by atomic mass is 10.0. The summed E-state index contributed by atoms with van der Waals surface area (Å²) in [5.41, 5.74) is 1.89. The second kappa shape index (κ2) is 9.70. The predicted molar refractivity (Wildman–Crippen MR) is 86.7 cm³/mol. The number of hydrogen-bond acceptors (Lipinski definition) is 6. The summed E-state index contributed by atoms with van der Waals surface area (Å²) in [7, 11) is 3.14. The molecule has 0 heterocycles. The highest BCUT2D eigenvalue weighted by Gasteiger charge is 2.14. The van der Waals surface area contributed by atoms with Gasteiger partial charge in [-0.25, -0.2) is 0 Å². The number of esters is 1. The Bertz CT molecular complexity index is 566. The molecule has 6 nitrogen and oxygen atoms in total. The average molecular weight is 320 g/mol. The van der Waals surface area contributed by atoms with Crippen molar-refractivity contribution in [2.75, 3.05) is 27.4 Å². The van der Waals surface area contributed by atoms with Crippen LogP contribution in [0.5, 0.6) is 11.5 Å². The van der Waals surface area contributed by atoms with Crippen molar-refractivity contribution in [2.45, 2.75) is 32.7 Å². The largest absolute Gasteiger partial charge is 0.493 e. The van der Waals surface area contributed by atoms with Gasteiger partial charge < -0.3 is 19.5 Å². The van der Waals surface area contributed by atoms with Gasteiger partial charge in [0.15, 0.2) is 11.5 Å². The van der Waals surface area contributed by atoms with Crippen molar-refractivity contribution in [3.8, 4) is 17.6 Å². The quantitative estimate of drug-likeness (QED) is 0.700. The van der Waals surface area contributed by atoms with Crippen LogP contribution in [0.3, 0.4) is 0 Å². The molecule has 0 aliphatic heterocycles.